The molecule has 0 spiro atoms. The van der Waals surface area contributed by atoms with Gasteiger partial charge in [-0.2, -0.15) is 0 Å². The lowest BCUT2D eigenvalue weighted by molar-refractivity contribution is -0.385. The van der Waals surface area contributed by atoms with Gasteiger partial charge < -0.3 is 16.0 Å². The van der Waals surface area contributed by atoms with Crippen molar-refractivity contribution in [3.63, 3.8) is 0 Å². The number of benzene rings is 2. The van der Waals surface area contributed by atoms with Crippen molar-refractivity contribution in [1.82, 2.24) is 10.6 Å². The summed E-state index contributed by atoms with van der Waals surface area (Å²) >= 11 is 0. The predicted octanol–water partition coefficient (Wildman–Crippen LogP) is 1.46. The third-order valence-corrected chi connectivity index (χ3v) is 3.58. The van der Waals surface area contributed by atoms with Crippen LogP contribution >= 0.6 is 0 Å². The maximum Gasteiger partial charge on any atom is 0.270 e. The molecule has 28 heavy (non-hydrogen) atoms. The number of non-ortho nitro benzene ring substituents is 2. The molecule has 146 valence electrons. The Kier molecular flexibility index (Phi) is 6.97. The third kappa shape index (κ3) is 6.05. The molecule has 2 amide bonds. The smallest absolute Gasteiger partial charge is 0.270 e. The number of nitro benzene ring substituents is 2. The summed E-state index contributed by atoms with van der Waals surface area (Å²) in [6, 6.07) is 11.0. The topological polar surface area (TPSA) is 157 Å². The Bertz CT molecular complexity index is 884. The summed E-state index contributed by atoms with van der Waals surface area (Å²) < 4.78 is 0. The Hall–Kier alpha value is -4.02. The van der Waals surface area contributed by atoms with E-state index >= 15 is 0 Å². The van der Waals surface area contributed by atoms with E-state index in [1.807, 2.05) is 0 Å². The van der Waals surface area contributed by atoms with Crippen LogP contribution in [0.1, 0.15) is 10.4 Å². The minimum absolute atomic E-state index is 0.0154. The van der Waals surface area contributed by atoms with E-state index in [0.717, 1.165) is 6.07 Å². The summed E-state index contributed by atoms with van der Waals surface area (Å²) in [5, 5.41) is 29.2. The van der Waals surface area contributed by atoms with E-state index in [1.165, 1.54) is 30.3 Å². The van der Waals surface area contributed by atoms with E-state index in [1.54, 1.807) is 12.1 Å². The summed E-state index contributed by atoms with van der Waals surface area (Å²) in [4.78, 5) is 43.9. The van der Waals surface area contributed by atoms with E-state index in [9.17, 15) is 29.8 Å². The summed E-state index contributed by atoms with van der Waals surface area (Å²) in [5.41, 5.74) is 0.522. The van der Waals surface area contributed by atoms with Crippen LogP contribution in [0.3, 0.4) is 0 Å². The van der Waals surface area contributed by atoms with Crippen molar-refractivity contribution < 1.29 is 19.4 Å². The summed E-state index contributed by atoms with van der Waals surface area (Å²) in [5.74, 6) is -1.02. The van der Waals surface area contributed by atoms with Gasteiger partial charge in [-0.25, -0.2) is 0 Å². The van der Waals surface area contributed by atoms with Crippen LogP contribution in [0, 0.1) is 20.2 Å². The normalized spacial score (nSPS) is 10.0. The van der Waals surface area contributed by atoms with E-state index in [-0.39, 0.29) is 30.0 Å². The first-order valence-electron chi connectivity index (χ1n) is 8.14. The fourth-order valence-electron chi connectivity index (χ4n) is 2.20. The van der Waals surface area contributed by atoms with Gasteiger partial charge in [0.05, 0.1) is 16.4 Å². The summed E-state index contributed by atoms with van der Waals surface area (Å²) in [6.45, 7) is 0.365. The third-order valence-electron chi connectivity index (χ3n) is 3.58. The molecule has 3 N–H and O–H groups in total. The first-order valence-corrected chi connectivity index (χ1v) is 8.14. The van der Waals surface area contributed by atoms with Gasteiger partial charge in [0, 0.05) is 48.6 Å². The largest absolute Gasteiger partial charge is 0.383 e. The van der Waals surface area contributed by atoms with Gasteiger partial charge in [0.2, 0.25) is 5.91 Å². The maximum absolute atomic E-state index is 11.9. The number of rotatable bonds is 9. The minimum atomic E-state index is -0.610. The van der Waals surface area contributed by atoms with Crippen molar-refractivity contribution in [1.29, 1.82) is 0 Å². The first kappa shape index (κ1) is 20.3. The predicted molar refractivity (Wildman–Crippen MR) is 100 cm³/mol. The van der Waals surface area contributed by atoms with Crippen LogP contribution in [-0.2, 0) is 4.79 Å². The van der Waals surface area contributed by atoms with Crippen LogP contribution in [0.25, 0.3) is 0 Å². The SMILES string of the molecule is O=C(CNC(=O)c1cccc([N+](=O)[O-])c1)NCCNc1ccc([N+](=O)[O-])cc1. The molecule has 2 aromatic carbocycles. The highest BCUT2D eigenvalue weighted by Gasteiger charge is 2.12. The second-order valence-corrected chi connectivity index (χ2v) is 5.57. The van der Waals surface area contributed by atoms with E-state index in [2.05, 4.69) is 16.0 Å². The lowest BCUT2D eigenvalue weighted by Crippen LogP contribution is -2.38. The fourth-order valence-corrected chi connectivity index (χ4v) is 2.20. The molecular formula is C17H17N5O6. The second-order valence-electron chi connectivity index (χ2n) is 5.57. The van der Waals surface area contributed by atoms with Crippen molar-refractivity contribution >= 4 is 28.9 Å². The Morgan fingerprint density at radius 1 is 0.857 bits per heavy atom. The molecule has 11 heteroatoms. The quantitative estimate of drug-likeness (QED) is 0.334. The number of anilines is 1. The van der Waals surface area contributed by atoms with Crippen molar-refractivity contribution in [3.8, 4) is 0 Å². The second kappa shape index (κ2) is 9.62. The number of nitrogens with zero attached hydrogens (tertiary/aromatic N) is 2. The highest BCUT2D eigenvalue weighted by molar-refractivity contribution is 5.96. The lowest BCUT2D eigenvalue weighted by atomic mass is 10.2. The molecule has 0 aliphatic carbocycles. The number of nitro groups is 2. The van der Waals surface area contributed by atoms with Crippen LogP contribution in [0.2, 0.25) is 0 Å². The van der Waals surface area contributed by atoms with E-state index in [4.69, 9.17) is 0 Å². The molecule has 0 aromatic heterocycles. The van der Waals surface area contributed by atoms with E-state index < -0.39 is 21.7 Å². The van der Waals surface area contributed by atoms with Gasteiger partial charge in [-0.3, -0.25) is 29.8 Å². The number of nitrogens with one attached hydrogen (secondary N) is 3. The van der Waals surface area contributed by atoms with Gasteiger partial charge in [0.15, 0.2) is 0 Å². The molecule has 0 aliphatic rings. The Morgan fingerprint density at radius 2 is 1.54 bits per heavy atom. The molecule has 2 rings (SSSR count). The van der Waals surface area contributed by atoms with Crippen molar-refractivity contribution in [2.24, 2.45) is 0 Å². The fraction of sp³-hybridized carbons (Fsp3) is 0.176. The highest BCUT2D eigenvalue weighted by atomic mass is 16.6. The molecule has 0 bridgehead atoms. The Balaban J connectivity index is 1.69. The molecule has 2 aromatic rings. The minimum Gasteiger partial charge on any atom is -0.383 e. The zero-order valence-corrected chi connectivity index (χ0v) is 14.6. The molecule has 0 heterocycles. The average molecular weight is 387 g/mol. The van der Waals surface area contributed by atoms with Gasteiger partial charge in [0.1, 0.15) is 0 Å². The van der Waals surface area contributed by atoms with Gasteiger partial charge in [-0.05, 0) is 18.2 Å². The molecule has 0 saturated carbocycles. The van der Waals surface area contributed by atoms with Gasteiger partial charge in [-0.1, -0.05) is 6.07 Å². The molecule has 0 aliphatic heterocycles. The van der Waals surface area contributed by atoms with Crippen LogP contribution < -0.4 is 16.0 Å². The lowest BCUT2D eigenvalue weighted by Gasteiger charge is -2.09. The number of carbonyl (C=O) groups is 2. The molecule has 0 saturated heterocycles. The van der Waals surface area contributed by atoms with Crippen molar-refractivity contribution in [2.45, 2.75) is 0 Å². The Morgan fingerprint density at radius 3 is 2.18 bits per heavy atom. The highest BCUT2D eigenvalue weighted by Crippen LogP contribution is 2.15. The zero-order valence-electron chi connectivity index (χ0n) is 14.6. The molecular weight excluding hydrogens is 370 g/mol. The van der Waals surface area contributed by atoms with Crippen LogP contribution in [-0.4, -0.2) is 41.3 Å². The zero-order chi connectivity index (χ0) is 20.5. The standard InChI is InChI=1S/C17H17N5O6/c23-16(11-20-17(24)12-2-1-3-15(10-12)22(27)28)19-9-8-18-13-4-6-14(7-5-13)21(25)26/h1-7,10,18H,8-9,11H2,(H,19,23)(H,20,24). The van der Waals surface area contributed by atoms with E-state index in [0.29, 0.717) is 12.2 Å². The monoisotopic (exact) mass is 387 g/mol. The molecule has 0 unspecified atom stereocenters. The first-order chi connectivity index (χ1) is 13.4. The van der Waals surface area contributed by atoms with Crippen LogP contribution in [0.4, 0.5) is 17.1 Å². The van der Waals surface area contributed by atoms with Gasteiger partial charge in [0.25, 0.3) is 17.3 Å². The maximum atomic E-state index is 11.9. The van der Waals surface area contributed by atoms with Gasteiger partial charge >= 0.3 is 0 Å². The van der Waals surface area contributed by atoms with Crippen LogP contribution in [0.5, 0.6) is 0 Å². The summed E-state index contributed by atoms with van der Waals surface area (Å²) in [7, 11) is 0. The summed E-state index contributed by atoms with van der Waals surface area (Å²) in [6.07, 6.45) is 0. The van der Waals surface area contributed by atoms with Crippen molar-refractivity contribution in [2.75, 3.05) is 25.0 Å². The van der Waals surface area contributed by atoms with Gasteiger partial charge in [-0.15, -0.1) is 0 Å². The molecule has 0 atom stereocenters. The Labute approximate surface area is 159 Å². The number of hydrogen-bond acceptors (Lipinski definition) is 7. The van der Waals surface area contributed by atoms with Crippen molar-refractivity contribution in [3.05, 3.63) is 74.3 Å². The molecule has 0 radical (unpaired) electrons. The average Bonchev–Trinajstić information content (AvgIpc) is 2.69. The number of carbonyl (C=O) groups excluding carboxylic acids is 2. The number of amides is 2. The number of hydrogen-bond donors (Lipinski definition) is 3. The molecule has 11 nitrogen and oxygen atoms in total. The molecule has 0 fully saturated rings. The van der Waals surface area contributed by atoms with Crippen LogP contribution in [0.15, 0.2) is 48.5 Å².